The Morgan fingerprint density at radius 3 is 1.61 bits per heavy atom. The molecule has 0 unspecified atom stereocenters. The van der Waals surface area contributed by atoms with Crippen molar-refractivity contribution in [3.63, 3.8) is 0 Å². The zero-order valence-electron chi connectivity index (χ0n) is 13.2. The zero-order chi connectivity index (χ0) is 14.0. The number of imidazole rings is 1. The van der Waals surface area contributed by atoms with Crippen LogP contribution in [0.25, 0.3) is 0 Å². The van der Waals surface area contributed by atoms with Crippen molar-refractivity contribution in [3.8, 4) is 0 Å². The molecule has 0 aliphatic heterocycles. The molecule has 104 valence electrons. The monoisotopic (exact) mass is 268 g/mol. The summed E-state index contributed by atoms with van der Waals surface area (Å²) in [6.45, 7) is 18.2. The van der Waals surface area contributed by atoms with E-state index in [1.807, 2.05) is 0 Å². The van der Waals surface area contributed by atoms with E-state index in [1.165, 1.54) is 17.0 Å². The molecule has 0 amide bonds. The minimum atomic E-state index is -0.185. The van der Waals surface area contributed by atoms with Crippen molar-refractivity contribution in [2.45, 2.75) is 78.5 Å². The number of hydrogen-bond acceptors (Lipinski definition) is 1. The predicted molar refractivity (Wildman–Crippen MR) is 83.6 cm³/mol. The lowest BCUT2D eigenvalue weighted by molar-refractivity contribution is 0.759. The third-order valence-corrected chi connectivity index (χ3v) is 6.16. The average molecular weight is 268 g/mol. The summed E-state index contributed by atoms with van der Waals surface area (Å²) >= 11 is 0. The van der Waals surface area contributed by atoms with Gasteiger partial charge in [-0.1, -0.05) is 55.4 Å². The van der Waals surface area contributed by atoms with E-state index < -0.39 is 0 Å². The first-order valence-corrected chi connectivity index (χ1v) is 8.61. The van der Waals surface area contributed by atoms with Gasteiger partial charge in [0.2, 0.25) is 0 Å². The van der Waals surface area contributed by atoms with E-state index in [4.69, 9.17) is 4.98 Å². The lowest BCUT2D eigenvalue weighted by Crippen LogP contribution is -2.18. The lowest BCUT2D eigenvalue weighted by Gasteiger charge is -2.23. The minimum absolute atomic E-state index is 0.185. The first kappa shape index (κ1) is 15.7. The van der Waals surface area contributed by atoms with Gasteiger partial charge in [-0.2, -0.15) is 0 Å². The second kappa shape index (κ2) is 6.19. The number of nitrogens with zero attached hydrogens (tertiary/aromatic N) is 1. The van der Waals surface area contributed by atoms with Crippen LogP contribution in [0.2, 0.25) is 0 Å². The van der Waals surface area contributed by atoms with E-state index in [0.29, 0.717) is 23.2 Å². The highest BCUT2D eigenvalue weighted by atomic mass is 31.1. The van der Waals surface area contributed by atoms with E-state index in [2.05, 4.69) is 60.4 Å². The summed E-state index contributed by atoms with van der Waals surface area (Å²) < 4.78 is 0. The van der Waals surface area contributed by atoms with Gasteiger partial charge in [-0.3, -0.25) is 0 Å². The summed E-state index contributed by atoms with van der Waals surface area (Å²) in [5.41, 5.74) is 5.24. The van der Waals surface area contributed by atoms with Gasteiger partial charge in [-0.25, -0.2) is 4.98 Å². The van der Waals surface area contributed by atoms with Crippen LogP contribution in [0.5, 0.6) is 0 Å². The third kappa shape index (κ3) is 3.35. The Morgan fingerprint density at radius 2 is 1.33 bits per heavy atom. The standard InChI is InChI=1S/C15H29N2P/c1-9(2)13-14(10(3)4)17-15(16-13)18(11(5)6)12(7)8/h9-12H,1-8H3,(H,16,17). The number of aromatic amines is 1. The Kier molecular flexibility index (Phi) is 5.40. The molecule has 0 fully saturated rings. The van der Waals surface area contributed by atoms with Crippen LogP contribution >= 0.6 is 7.92 Å². The molecule has 2 nitrogen and oxygen atoms in total. The molecule has 1 aromatic rings. The van der Waals surface area contributed by atoms with E-state index >= 15 is 0 Å². The fourth-order valence-electron chi connectivity index (χ4n) is 2.47. The maximum absolute atomic E-state index is 4.95. The smallest absolute Gasteiger partial charge is 0.129 e. The molecule has 0 aliphatic carbocycles. The molecule has 0 bridgehead atoms. The zero-order valence-corrected chi connectivity index (χ0v) is 14.1. The Bertz CT molecular complexity index is 344. The molecule has 0 aromatic carbocycles. The molecule has 1 rings (SSSR count). The Balaban J connectivity index is 3.21. The fraction of sp³-hybridized carbons (Fsp3) is 0.800. The fourth-order valence-corrected chi connectivity index (χ4v) is 5.12. The van der Waals surface area contributed by atoms with Gasteiger partial charge in [0, 0.05) is 5.69 Å². The maximum atomic E-state index is 4.95. The molecule has 0 atom stereocenters. The van der Waals surface area contributed by atoms with Crippen molar-refractivity contribution in [1.82, 2.24) is 9.97 Å². The van der Waals surface area contributed by atoms with Crippen molar-refractivity contribution < 1.29 is 0 Å². The molecule has 0 saturated heterocycles. The summed E-state index contributed by atoms with van der Waals surface area (Å²) in [4.78, 5) is 8.59. The topological polar surface area (TPSA) is 28.7 Å². The van der Waals surface area contributed by atoms with E-state index in [9.17, 15) is 0 Å². The maximum Gasteiger partial charge on any atom is 0.129 e. The van der Waals surface area contributed by atoms with Crippen LogP contribution in [0, 0.1) is 0 Å². The van der Waals surface area contributed by atoms with Gasteiger partial charge in [-0.15, -0.1) is 0 Å². The van der Waals surface area contributed by atoms with Gasteiger partial charge < -0.3 is 4.98 Å². The molecule has 0 radical (unpaired) electrons. The highest BCUT2D eigenvalue weighted by molar-refractivity contribution is 7.66. The lowest BCUT2D eigenvalue weighted by atomic mass is 10.0. The number of hydrogen-bond donors (Lipinski definition) is 1. The molecule has 18 heavy (non-hydrogen) atoms. The summed E-state index contributed by atoms with van der Waals surface area (Å²) in [6, 6.07) is 0. The van der Waals surface area contributed by atoms with Crippen LogP contribution in [0.4, 0.5) is 0 Å². The highest BCUT2D eigenvalue weighted by Gasteiger charge is 2.25. The van der Waals surface area contributed by atoms with Crippen molar-refractivity contribution in [3.05, 3.63) is 11.4 Å². The summed E-state index contributed by atoms with van der Waals surface area (Å²) in [6.07, 6.45) is 0. The van der Waals surface area contributed by atoms with Crippen LogP contribution in [-0.4, -0.2) is 21.3 Å². The normalized spacial score (nSPS) is 12.7. The quantitative estimate of drug-likeness (QED) is 0.778. The molecular weight excluding hydrogens is 239 g/mol. The molecule has 0 saturated carbocycles. The first-order chi connectivity index (χ1) is 8.25. The molecule has 1 heterocycles. The molecule has 3 heteroatoms. The van der Waals surface area contributed by atoms with Gasteiger partial charge in [0.15, 0.2) is 0 Å². The van der Waals surface area contributed by atoms with Crippen LogP contribution < -0.4 is 5.57 Å². The summed E-state index contributed by atoms with van der Waals surface area (Å²) in [5, 5.41) is 0. The van der Waals surface area contributed by atoms with Crippen molar-refractivity contribution in [2.75, 3.05) is 0 Å². The minimum Gasteiger partial charge on any atom is -0.342 e. The van der Waals surface area contributed by atoms with Gasteiger partial charge >= 0.3 is 0 Å². The third-order valence-electron chi connectivity index (χ3n) is 3.23. The Morgan fingerprint density at radius 1 is 0.833 bits per heavy atom. The van der Waals surface area contributed by atoms with Crippen molar-refractivity contribution in [1.29, 1.82) is 0 Å². The second-order valence-corrected chi connectivity index (χ2v) is 9.57. The Hall–Kier alpha value is -0.360. The number of H-pyrrole nitrogens is 1. The average Bonchev–Trinajstić information content (AvgIpc) is 2.61. The molecular formula is C15H29N2P. The molecule has 1 aromatic heterocycles. The number of rotatable bonds is 5. The van der Waals surface area contributed by atoms with Crippen molar-refractivity contribution >= 4 is 13.5 Å². The first-order valence-electron chi connectivity index (χ1n) is 7.13. The SMILES string of the molecule is CC(C)c1nc(P(C(C)C)C(C)C)[nH]c1C(C)C. The number of aromatic nitrogens is 2. The van der Waals surface area contributed by atoms with Gasteiger partial charge in [-0.05, 0) is 31.1 Å². The highest BCUT2D eigenvalue weighted by Crippen LogP contribution is 2.44. The van der Waals surface area contributed by atoms with Crippen LogP contribution in [0.1, 0.15) is 78.6 Å². The number of nitrogens with one attached hydrogen (secondary N) is 1. The summed E-state index contributed by atoms with van der Waals surface area (Å²) in [7, 11) is -0.185. The van der Waals surface area contributed by atoms with Gasteiger partial charge in [0.05, 0.1) is 5.69 Å². The van der Waals surface area contributed by atoms with E-state index in [1.54, 1.807) is 0 Å². The van der Waals surface area contributed by atoms with E-state index in [-0.39, 0.29) is 7.92 Å². The predicted octanol–water partition coefficient (Wildman–Crippen LogP) is 4.58. The molecule has 0 spiro atoms. The van der Waals surface area contributed by atoms with Crippen LogP contribution in [-0.2, 0) is 0 Å². The summed E-state index contributed by atoms with van der Waals surface area (Å²) in [5.74, 6) is 1.03. The molecule has 0 aliphatic rings. The largest absolute Gasteiger partial charge is 0.342 e. The molecule has 1 N–H and O–H groups in total. The Labute approximate surface area is 114 Å². The van der Waals surface area contributed by atoms with Crippen molar-refractivity contribution in [2.24, 2.45) is 0 Å². The van der Waals surface area contributed by atoms with Crippen LogP contribution in [0.3, 0.4) is 0 Å². The van der Waals surface area contributed by atoms with Gasteiger partial charge in [0.1, 0.15) is 5.57 Å². The van der Waals surface area contributed by atoms with E-state index in [0.717, 1.165) is 0 Å². The van der Waals surface area contributed by atoms with Gasteiger partial charge in [0.25, 0.3) is 0 Å². The van der Waals surface area contributed by atoms with Crippen LogP contribution in [0.15, 0.2) is 0 Å². The second-order valence-electron chi connectivity index (χ2n) is 6.26.